The predicted octanol–water partition coefficient (Wildman–Crippen LogP) is 2.13. The summed E-state index contributed by atoms with van der Waals surface area (Å²) in [6.07, 6.45) is 0.715. The molecule has 0 saturated heterocycles. The molecule has 1 unspecified atom stereocenters. The maximum Gasteiger partial charge on any atom is 0.128 e. The van der Waals surface area contributed by atoms with Gasteiger partial charge in [0.25, 0.3) is 0 Å². The Balaban J connectivity index is 2.76. The van der Waals surface area contributed by atoms with Crippen molar-refractivity contribution in [3.8, 4) is 0 Å². The van der Waals surface area contributed by atoms with Crippen LogP contribution in [0.4, 0.5) is 0 Å². The Kier molecular flexibility index (Phi) is 4.58. The quantitative estimate of drug-likeness (QED) is 0.926. The number of nitrogens with zero attached hydrogens (tertiary/aromatic N) is 2. The minimum Gasteiger partial charge on any atom is -0.251 e. The zero-order chi connectivity index (χ0) is 12.3. The number of hydrogen-bond acceptors (Lipinski definition) is 3. The number of nitrogens with two attached hydrogens (primary N) is 1. The Morgan fingerprint density at radius 3 is 2.56 bits per heavy atom. The molecule has 4 nitrogen and oxygen atoms in total. The summed E-state index contributed by atoms with van der Waals surface area (Å²) in [4.78, 5) is 0. The van der Waals surface area contributed by atoms with Crippen molar-refractivity contribution in [3.63, 3.8) is 0 Å². The smallest absolute Gasteiger partial charge is 0.128 e. The first kappa shape index (κ1) is 13.7. The van der Waals surface area contributed by atoms with Gasteiger partial charge in [-0.3, -0.25) is 5.14 Å². The van der Waals surface area contributed by atoms with E-state index < -0.39 is 15.7 Å². The van der Waals surface area contributed by atoms with E-state index in [0.29, 0.717) is 11.0 Å². The zero-order valence-electron chi connectivity index (χ0n) is 9.61. The number of halogens is 1. The van der Waals surface area contributed by atoms with E-state index >= 15 is 0 Å². The van der Waals surface area contributed by atoms with Crippen molar-refractivity contribution in [2.75, 3.05) is 0 Å². The number of rotatable bonds is 4. The van der Waals surface area contributed by atoms with Crippen LogP contribution in [0.15, 0.2) is 16.7 Å². The first-order valence-electron chi connectivity index (χ1n) is 4.98. The molecule has 0 saturated carbocycles. The van der Waals surface area contributed by atoms with Gasteiger partial charge >= 0.3 is 0 Å². The van der Waals surface area contributed by atoms with E-state index in [2.05, 4.69) is 26.1 Å². The van der Waals surface area contributed by atoms with Gasteiger partial charge in [0, 0.05) is 5.92 Å². The Bertz CT molecular complexity index is 380. The highest BCUT2D eigenvalue weighted by Gasteiger charge is 2.27. The fourth-order valence-electron chi connectivity index (χ4n) is 1.51. The van der Waals surface area contributed by atoms with Gasteiger partial charge < -0.3 is 0 Å². The highest BCUT2D eigenvalue weighted by Crippen LogP contribution is 2.27. The van der Waals surface area contributed by atoms with E-state index in [4.69, 9.17) is 5.14 Å². The Hall–Kier alpha value is -0.330. The van der Waals surface area contributed by atoms with Gasteiger partial charge in [-0.05, 0) is 48.3 Å². The van der Waals surface area contributed by atoms with Crippen LogP contribution in [-0.2, 0) is 11.0 Å². The fourth-order valence-corrected chi connectivity index (χ4v) is 2.14. The second-order valence-electron chi connectivity index (χ2n) is 4.44. The van der Waals surface area contributed by atoms with E-state index in [9.17, 15) is 4.21 Å². The predicted molar refractivity (Wildman–Crippen MR) is 69.2 cm³/mol. The molecule has 0 aromatic carbocycles. The highest BCUT2D eigenvalue weighted by atomic mass is 79.9. The van der Waals surface area contributed by atoms with E-state index in [-0.39, 0.29) is 5.92 Å². The van der Waals surface area contributed by atoms with Crippen molar-refractivity contribution in [2.45, 2.75) is 37.9 Å². The van der Waals surface area contributed by atoms with Crippen LogP contribution < -0.4 is 5.14 Å². The second kappa shape index (κ2) is 5.33. The lowest BCUT2D eigenvalue weighted by molar-refractivity contribution is 0.530. The van der Waals surface area contributed by atoms with E-state index in [1.165, 1.54) is 0 Å². The molecule has 0 aliphatic heterocycles. The average Bonchev–Trinajstić information content (AvgIpc) is 2.17. The van der Waals surface area contributed by atoms with Gasteiger partial charge in [-0.1, -0.05) is 6.92 Å². The number of aromatic nitrogens is 2. The van der Waals surface area contributed by atoms with Crippen LogP contribution in [-0.4, -0.2) is 19.2 Å². The summed E-state index contributed by atoms with van der Waals surface area (Å²) < 4.78 is 11.6. The van der Waals surface area contributed by atoms with Gasteiger partial charge in [0.1, 0.15) is 4.60 Å². The molecule has 0 aliphatic rings. The SMILES string of the molecule is C[C@H](CC(C)(C)S(N)=O)c1ccc(Br)nn1. The summed E-state index contributed by atoms with van der Waals surface area (Å²) in [5.74, 6) is 0.183. The number of hydrogen-bond donors (Lipinski definition) is 1. The molecule has 16 heavy (non-hydrogen) atoms. The maximum atomic E-state index is 11.3. The van der Waals surface area contributed by atoms with Crippen LogP contribution in [0.25, 0.3) is 0 Å². The lowest BCUT2D eigenvalue weighted by atomic mass is 9.95. The molecular formula is C10H16BrN3OS. The van der Waals surface area contributed by atoms with Gasteiger partial charge in [-0.15, -0.1) is 5.10 Å². The van der Waals surface area contributed by atoms with Crippen molar-refractivity contribution < 1.29 is 4.21 Å². The second-order valence-corrected chi connectivity index (χ2v) is 6.96. The Morgan fingerprint density at radius 2 is 2.12 bits per heavy atom. The zero-order valence-corrected chi connectivity index (χ0v) is 12.0. The van der Waals surface area contributed by atoms with Crippen LogP contribution in [0.2, 0.25) is 0 Å². The lowest BCUT2D eigenvalue weighted by Crippen LogP contribution is -2.33. The van der Waals surface area contributed by atoms with E-state index in [1.54, 1.807) is 0 Å². The molecule has 0 bridgehead atoms. The van der Waals surface area contributed by atoms with Gasteiger partial charge in [0.15, 0.2) is 0 Å². The van der Waals surface area contributed by atoms with E-state index in [0.717, 1.165) is 5.69 Å². The molecule has 0 amide bonds. The van der Waals surface area contributed by atoms with Crippen molar-refractivity contribution in [1.29, 1.82) is 0 Å². The lowest BCUT2D eigenvalue weighted by Gasteiger charge is -2.24. The molecule has 2 N–H and O–H groups in total. The molecule has 0 radical (unpaired) electrons. The van der Waals surface area contributed by atoms with Crippen LogP contribution in [0, 0.1) is 0 Å². The molecule has 0 spiro atoms. The van der Waals surface area contributed by atoms with Crippen molar-refractivity contribution in [3.05, 3.63) is 22.4 Å². The third kappa shape index (κ3) is 3.61. The molecule has 1 aromatic rings. The summed E-state index contributed by atoms with van der Waals surface area (Å²) in [5, 5.41) is 13.5. The standard InChI is InChI=1S/C10H16BrN3OS/c1-7(6-10(2,3)16(12)15)8-4-5-9(11)14-13-8/h4-5,7H,6,12H2,1-3H3/t7-,16?/m1/s1. The minimum atomic E-state index is -1.33. The summed E-state index contributed by atoms with van der Waals surface area (Å²) in [6, 6.07) is 3.77. The maximum absolute atomic E-state index is 11.3. The van der Waals surface area contributed by atoms with Crippen LogP contribution >= 0.6 is 15.9 Å². The summed E-state index contributed by atoms with van der Waals surface area (Å²) in [7, 11) is -1.33. The molecule has 1 heterocycles. The Labute approximate surface area is 107 Å². The van der Waals surface area contributed by atoms with Crippen LogP contribution in [0.5, 0.6) is 0 Å². The van der Waals surface area contributed by atoms with Gasteiger partial charge in [0.05, 0.1) is 21.4 Å². The van der Waals surface area contributed by atoms with Gasteiger partial charge in [-0.2, -0.15) is 5.10 Å². The third-order valence-electron chi connectivity index (χ3n) is 2.50. The van der Waals surface area contributed by atoms with E-state index in [1.807, 2.05) is 32.9 Å². The molecule has 2 atom stereocenters. The van der Waals surface area contributed by atoms with Gasteiger partial charge in [0.2, 0.25) is 0 Å². The topological polar surface area (TPSA) is 68.9 Å². The largest absolute Gasteiger partial charge is 0.251 e. The average molecular weight is 306 g/mol. The van der Waals surface area contributed by atoms with Crippen LogP contribution in [0.1, 0.15) is 38.8 Å². The summed E-state index contributed by atoms with van der Waals surface area (Å²) >= 11 is 3.24. The normalized spacial score (nSPS) is 15.8. The highest BCUT2D eigenvalue weighted by molar-refractivity contribution is 9.10. The summed E-state index contributed by atoms with van der Waals surface area (Å²) in [5.41, 5.74) is 0.890. The monoisotopic (exact) mass is 305 g/mol. The minimum absolute atomic E-state index is 0.183. The van der Waals surface area contributed by atoms with Gasteiger partial charge in [-0.25, -0.2) is 4.21 Å². The van der Waals surface area contributed by atoms with Crippen molar-refractivity contribution in [1.82, 2.24) is 10.2 Å². The van der Waals surface area contributed by atoms with Crippen molar-refractivity contribution >= 4 is 26.9 Å². The first-order chi connectivity index (χ1) is 7.33. The summed E-state index contributed by atoms with van der Waals surface area (Å²) in [6.45, 7) is 5.82. The third-order valence-corrected chi connectivity index (χ3v) is 4.18. The molecular weight excluding hydrogens is 290 g/mol. The molecule has 1 aromatic heterocycles. The molecule has 6 heteroatoms. The Morgan fingerprint density at radius 1 is 1.50 bits per heavy atom. The molecule has 0 aliphatic carbocycles. The first-order valence-corrected chi connectivity index (χ1v) is 6.99. The molecule has 90 valence electrons. The fraction of sp³-hybridized carbons (Fsp3) is 0.600. The molecule has 1 rings (SSSR count). The van der Waals surface area contributed by atoms with Crippen LogP contribution in [0.3, 0.4) is 0 Å². The molecule has 0 fully saturated rings. The van der Waals surface area contributed by atoms with Crippen molar-refractivity contribution in [2.24, 2.45) is 5.14 Å².